The first-order valence-electron chi connectivity index (χ1n) is 7.56. The third-order valence-electron chi connectivity index (χ3n) is 3.14. The van der Waals surface area contributed by atoms with Gasteiger partial charge in [0.2, 0.25) is 0 Å². The maximum Gasteiger partial charge on any atom is 0.0791 e. The summed E-state index contributed by atoms with van der Waals surface area (Å²) in [7, 11) is 0. The number of likely N-dealkylation sites (N-methyl/N-ethyl adjacent to an activating group) is 1. The molecule has 2 N–H and O–H groups in total. The molecule has 0 saturated carbocycles. The quantitative estimate of drug-likeness (QED) is 0.597. The molecule has 1 atom stereocenters. The van der Waals surface area contributed by atoms with Crippen LogP contribution in [0.3, 0.4) is 0 Å². The van der Waals surface area contributed by atoms with Crippen molar-refractivity contribution in [2.45, 2.75) is 53.6 Å². The van der Waals surface area contributed by atoms with Crippen LogP contribution in [0.1, 0.15) is 47.5 Å². The highest BCUT2D eigenvalue weighted by Gasteiger charge is 2.12. The van der Waals surface area contributed by atoms with Crippen molar-refractivity contribution in [2.24, 2.45) is 11.8 Å². The van der Waals surface area contributed by atoms with E-state index in [0.717, 1.165) is 38.0 Å². The Balaban J connectivity index is 4.01. The van der Waals surface area contributed by atoms with Gasteiger partial charge in [0.05, 0.1) is 6.10 Å². The van der Waals surface area contributed by atoms with Gasteiger partial charge in [0.15, 0.2) is 0 Å². The van der Waals surface area contributed by atoms with Crippen LogP contribution in [-0.4, -0.2) is 48.8 Å². The van der Waals surface area contributed by atoms with E-state index in [4.69, 9.17) is 0 Å². The minimum atomic E-state index is -0.246. The van der Waals surface area contributed by atoms with E-state index in [9.17, 15) is 5.11 Å². The van der Waals surface area contributed by atoms with Crippen molar-refractivity contribution < 1.29 is 5.11 Å². The maximum absolute atomic E-state index is 9.98. The summed E-state index contributed by atoms with van der Waals surface area (Å²) in [6, 6.07) is 0. The molecule has 0 fully saturated rings. The molecule has 0 aromatic rings. The summed E-state index contributed by atoms with van der Waals surface area (Å²) in [6.07, 6.45) is 2.18. The zero-order valence-corrected chi connectivity index (χ0v) is 13.1. The highest BCUT2D eigenvalue weighted by molar-refractivity contribution is 4.68. The number of aliphatic hydroxyl groups excluding tert-OH is 1. The standard InChI is InChI=1S/C15H34N2O/c1-6-16-11-15(18)12-17(9-7-13(2)3)10-8-14(4)5/h13-16,18H,6-12H2,1-5H3. The molecule has 0 aromatic carbocycles. The Morgan fingerprint density at radius 3 is 1.89 bits per heavy atom. The summed E-state index contributed by atoms with van der Waals surface area (Å²) in [5.41, 5.74) is 0. The fourth-order valence-corrected chi connectivity index (χ4v) is 1.85. The van der Waals surface area contributed by atoms with Gasteiger partial charge in [0, 0.05) is 13.1 Å². The average Bonchev–Trinajstić information content (AvgIpc) is 2.29. The predicted octanol–water partition coefficient (Wildman–Crippen LogP) is 2.35. The smallest absolute Gasteiger partial charge is 0.0791 e. The SMILES string of the molecule is CCNCC(O)CN(CCC(C)C)CCC(C)C. The first-order valence-corrected chi connectivity index (χ1v) is 7.56. The second-order valence-corrected chi connectivity index (χ2v) is 6.13. The third kappa shape index (κ3) is 11.0. The molecule has 110 valence electrons. The molecule has 0 amide bonds. The summed E-state index contributed by atoms with van der Waals surface area (Å²) >= 11 is 0. The first-order chi connectivity index (χ1) is 8.45. The van der Waals surface area contributed by atoms with Gasteiger partial charge in [-0.25, -0.2) is 0 Å². The normalized spacial score (nSPS) is 13.8. The second kappa shape index (κ2) is 10.8. The molecule has 0 bridgehead atoms. The van der Waals surface area contributed by atoms with Crippen molar-refractivity contribution in [1.29, 1.82) is 0 Å². The molecule has 0 rings (SSSR count). The fraction of sp³-hybridized carbons (Fsp3) is 1.00. The van der Waals surface area contributed by atoms with Gasteiger partial charge in [-0.1, -0.05) is 34.6 Å². The Morgan fingerprint density at radius 2 is 1.50 bits per heavy atom. The van der Waals surface area contributed by atoms with Crippen LogP contribution in [0.2, 0.25) is 0 Å². The summed E-state index contributed by atoms with van der Waals surface area (Å²) in [6.45, 7) is 15.7. The van der Waals surface area contributed by atoms with Crippen molar-refractivity contribution in [3.63, 3.8) is 0 Å². The van der Waals surface area contributed by atoms with Gasteiger partial charge in [0.25, 0.3) is 0 Å². The highest BCUT2D eigenvalue weighted by Crippen LogP contribution is 2.07. The zero-order valence-electron chi connectivity index (χ0n) is 13.1. The largest absolute Gasteiger partial charge is 0.390 e. The summed E-state index contributed by atoms with van der Waals surface area (Å²) in [4.78, 5) is 2.42. The summed E-state index contributed by atoms with van der Waals surface area (Å²) in [5.74, 6) is 1.47. The zero-order chi connectivity index (χ0) is 14.0. The molecule has 0 aromatic heterocycles. The minimum absolute atomic E-state index is 0.246. The number of nitrogens with one attached hydrogen (secondary N) is 1. The van der Waals surface area contributed by atoms with Crippen molar-refractivity contribution in [3.05, 3.63) is 0 Å². The van der Waals surface area contributed by atoms with E-state index in [0.29, 0.717) is 6.54 Å². The molecule has 3 nitrogen and oxygen atoms in total. The van der Waals surface area contributed by atoms with Gasteiger partial charge in [-0.05, 0) is 44.3 Å². The lowest BCUT2D eigenvalue weighted by Gasteiger charge is -2.26. The van der Waals surface area contributed by atoms with E-state index in [1.165, 1.54) is 12.8 Å². The van der Waals surface area contributed by atoms with E-state index >= 15 is 0 Å². The van der Waals surface area contributed by atoms with Crippen LogP contribution in [0, 0.1) is 11.8 Å². The monoisotopic (exact) mass is 258 g/mol. The maximum atomic E-state index is 9.98. The van der Waals surface area contributed by atoms with Gasteiger partial charge in [-0.15, -0.1) is 0 Å². The van der Waals surface area contributed by atoms with E-state index in [-0.39, 0.29) is 6.10 Å². The highest BCUT2D eigenvalue weighted by atomic mass is 16.3. The van der Waals surface area contributed by atoms with Crippen LogP contribution in [0.4, 0.5) is 0 Å². The Bertz CT molecular complexity index is 171. The Morgan fingerprint density at radius 1 is 1.00 bits per heavy atom. The lowest BCUT2D eigenvalue weighted by molar-refractivity contribution is 0.106. The van der Waals surface area contributed by atoms with Gasteiger partial charge in [-0.2, -0.15) is 0 Å². The van der Waals surface area contributed by atoms with Crippen LogP contribution < -0.4 is 5.32 Å². The second-order valence-electron chi connectivity index (χ2n) is 6.13. The Hall–Kier alpha value is -0.120. The molecule has 0 aliphatic carbocycles. The first kappa shape index (κ1) is 17.9. The van der Waals surface area contributed by atoms with E-state index < -0.39 is 0 Å². The number of rotatable bonds is 11. The molecular formula is C15H34N2O. The van der Waals surface area contributed by atoms with Crippen LogP contribution in [0.25, 0.3) is 0 Å². The van der Waals surface area contributed by atoms with E-state index in [1.54, 1.807) is 0 Å². The molecule has 3 heteroatoms. The Labute approximate surface area is 114 Å². The number of hydrogen-bond donors (Lipinski definition) is 2. The van der Waals surface area contributed by atoms with Crippen LogP contribution in [0.5, 0.6) is 0 Å². The molecule has 0 spiro atoms. The van der Waals surface area contributed by atoms with Crippen LogP contribution in [0.15, 0.2) is 0 Å². The fourth-order valence-electron chi connectivity index (χ4n) is 1.85. The lowest BCUT2D eigenvalue weighted by Crippen LogP contribution is -2.39. The summed E-state index contributed by atoms with van der Waals surface area (Å²) in [5, 5.41) is 13.2. The molecule has 1 unspecified atom stereocenters. The summed E-state index contributed by atoms with van der Waals surface area (Å²) < 4.78 is 0. The number of nitrogens with zero attached hydrogens (tertiary/aromatic N) is 1. The van der Waals surface area contributed by atoms with Gasteiger partial charge in [0.1, 0.15) is 0 Å². The number of hydrogen-bond acceptors (Lipinski definition) is 3. The molecule has 0 saturated heterocycles. The van der Waals surface area contributed by atoms with Crippen LogP contribution >= 0.6 is 0 Å². The van der Waals surface area contributed by atoms with Crippen molar-refractivity contribution in [2.75, 3.05) is 32.7 Å². The lowest BCUT2D eigenvalue weighted by atomic mass is 10.1. The van der Waals surface area contributed by atoms with Crippen molar-refractivity contribution in [1.82, 2.24) is 10.2 Å². The molecule has 18 heavy (non-hydrogen) atoms. The van der Waals surface area contributed by atoms with Crippen LogP contribution in [-0.2, 0) is 0 Å². The molecule has 0 radical (unpaired) electrons. The minimum Gasteiger partial charge on any atom is -0.390 e. The van der Waals surface area contributed by atoms with Crippen molar-refractivity contribution in [3.8, 4) is 0 Å². The predicted molar refractivity (Wildman–Crippen MR) is 79.9 cm³/mol. The molecule has 0 aliphatic heterocycles. The average molecular weight is 258 g/mol. The third-order valence-corrected chi connectivity index (χ3v) is 3.14. The van der Waals surface area contributed by atoms with E-state index in [1.807, 2.05) is 0 Å². The Kier molecular flexibility index (Phi) is 10.7. The topological polar surface area (TPSA) is 35.5 Å². The van der Waals surface area contributed by atoms with Gasteiger partial charge >= 0.3 is 0 Å². The van der Waals surface area contributed by atoms with E-state index in [2.05, 4.69) is 44.8 Å². The molecule has 0 heterocycles. The molecule has 0 aliphatic rings. The van der Waals surface area contributed by atoms with Gasteiger partial charge in [-0.3, -0.25) is 0 Å². The van der Waals surface area contributed by atoms with Gasteiger partial charge < -0.3 is 15.3 Å². The molecular weight excluding hydrogens is 224 g/mol. The number of aliphatic hydroxyl groups is 1. The van der Waals surface area contributed by atoms with Crippen molar-refractivity contribution >= 4 is 0 Å².